The van der Waals surface area contributed by atoms with Crippen molar-refractivity contribution in [2.24, 2.45) is 11.8 Å². The molecule has 9 heteroatoms. The van der Waals surface area contributed by atoms with Crippen molar-refractivity contribution in [3.63, 3.8) is 0 Å². The monoisotopic (exact) mass is 491 g/mol. The van der Waals surface area contributed by atoms with Crippen molar-refractivity contribution in [3.05, 3.63) is 29.3 Å². The first-order chi connectivity index (χ1) is 16.4. The van der Waals surface area contributed by atoms with Crippen molar-refractivity contribution in [3.8, 4) is 0 Å². The van der Waals surface area contributed by atoms with E-state index < -0.39 is 23.5 Å². The lowest BCUT2D eigenvalue weighted by Crippen LogP contribution is -2.53. The van der Waals surface area contributed by atoms with Crippen LogP contribution in [0.25, 0.3) is 0 Å². The fraction of sp³-hybridized carbons (Fsp3) is 0.640. The molecular formula is C25H34ClN3O5. The summed E-state index contributed by atoms with van der Waals surface area (Å²) in [6.07, 6.45) is 4.77. The van der Waals surface area contributed by atoms with Gasteiger partial charge in [0.25, 0.3) is 0 Å². The Labute approximate surface area is 205 Å². The average Bonchev–Trinajstić information content (AvgIpc) is 3.46. The van der Waals surface area contributed by atoms with Crippen LogP contribution < -0.4 is 10.6 Å². The number of benzene rings is 1. The van der Waals surface area contributed by atoms with E-state index in [0.717, 1.165) is 19.3 Å². The molecule has 0 aromatic heterocycles. The molecule has 3 fully saturated rings. The van der Waals surface area contributed by atoms with Gasteiger partial charge < -0.3 is 25.4 Å². The van der Waals surface area contributed by atoms with Crippen LogP contribution in [0, 0.1) is 11.8 Å². The van der Waals surface area contributed by atoms with E-state index in [1.807, 2.05) is 6.92 Å². The molecule has 0 aliphatic carbocycles. The van der Waals surface area contributed by atoms with E-state index in [2.05, 4.69) is 10.6 Å². The van der Waals surface area contributed by atoms with Crippen LogP contribution in [0.3, 0.4) is 0 Å². The number of nitrogens with zero attached hydrogens (tertiary/aromatic N) is 1. The second kappa shape index (κ2) is 10.6. The summed E-state index contributed by atoms with van der Waals surface area (Å²) in [6, 6.07) is 6.16. The largest absolute Gasteiger partial charge is 0.396 e. The number of carbonyl (C=O) groups excluding carboxylic acids is 3. The van der Waals surface area contributed by atoms with Gasteiger partial charge in [0.15, 0.2) is 0 Å². The number of likely N-dealkylation sites (tertiary alicyclic amines) is 1. The molecule has 1 aromatic carbocycles. The molecule has 34 heavy (non-hydrogen) atoms. The van der Waals surface area contributed by atoms with Gasteiger partial charge in [-0.1, -0.05) is 43.5 Å². The van der Waals surface area contributed by atoms with E-state index in [9.17, 15) is 14.4 Å². The van der Waals surface area contributed by atoms with Crippen molar-refractivity contribution < 1.29 is 24.2 Å². The number of amides is 3. The van der Waals surface area contributed by atoms with Crippen LogP contribution in [0.5, 0.6) is 0 Å². The van der Waals surface area contributed by atoms with Crippen LogP contribution in [0.2, 0.25) is 5.02 Å². The smallest absolute Gasteiger partial charge is 0.250 e. The third kappa shape index (κ3) is 4.43. The van der Waals surface area contributed by atoms with Gasteiger partial charge in [-0.2, -0.15) is 0 Å². The predicted molar refractivity (Wildman–Crippen MR) is 128 cm³/mol. The van der Waals surface area contributed by atoms with E-state index >= 15 is 0 Å². The number of halogens is 1. The summed E-state index contributed by atoms with van der Waals surface area (Å²) in [7, 11) is 0. The highest BCUT2D eigenvalue weighted by atomic mass is 35.5. The number of aliphatic hydroxyl groups is 1. The van der Waals surface area contributed by atoms with Gasteiger partial charge in [0, 0.05) is 19.7 Å². The number of unbranched alkanes of at least 4 members (excludes halogenated alkanes) is 3. The van der Waals surface area contributed by atoms with Gasteiger partial charge in [0.1, 0.15) is 11.6 Å². The standard InChI is InChI=1S/C25H34ClN3O5/c1-2-13-27-22(31)19-18-11-12-25(34-18)20(19)24(33)29(14-7-3-4-8-15-30)21(25)23(32)28-17-10-6-5-9-16(17)26/h5-6,9-10,18-21,30H,2-4,7-8,11-15H2,1H3,(H,27,31)(H,28,32)/t18-,19+,20+,21?,25?/m1/s1. The number of aliphatic hydroxyl groups excluding tert-OH is 1. The Balaban J connectivity index is 1.61. The third-order valence-corrected chi connectivity index (χ3v) is 7.67. The van der Waals surface area contributed by atoms with Gasteiger partial charge in [-0.3, -0.25) is 14.4 Å². The minimum Gasteiger partial charge on any atom is -0.396 e. The number of nitrogens with one attached hydrogen (secondary N) is 2. The highest BCUT2D eigenvalue weighted by Gasteiger charge is 2.74. The summed E-state index contributed by atoms with van der Waals surface area (Å²) in [5, 5.41) is 15.3. The molecule has 186 valence electrons. The van der Waals surface area contributed by atoms with Gasteiger partial charge >= 0.3 is 0 Å². The van der Waals surface area contributed by atoms with E-state index in [0.29, 0.717) is 49.5 Å². The Kier molecular flexibility index (Phi) is 7.80. The molecule has 3 amide bonds. The second-order valence-corrected chi connectivity index (χ2v) is 9.89. The van der Waals surface area contributed by atoms with Crippen LogP contribution in [0.4, 0.5) is 5.69 Å². The number of hydrogen-bond donors (Lipinski definition) is 3. The fourth-order valence-electron chi connectivity index (χ4n) is 5.87. The van der Waals surface area contributed by atoms with Crippen molar-refractivity contribution >= 4 is 35.0 Å². The second-order valence-electron chi connectivity index (χ2n) is 9.49. The zero-order valence-corrected chi connectivity index (χ0v) is 20.4. The maximum absolute atomic E-state index is 13.7. The first-order valence-electron chi connectivity index (χ1n) is 12.4. The Hall–Kier alpha value is -2.16. The average molecular weight is 492 g/mol. The number of anilines is 1. The molecule has 8 nitrogen and oxygen atoms in total. The Morgan fingerprint density at radius 3 is 2.71 bits per heavy atom. The summed E-state index contributed by atoms with van der Waals surface area (Å²) in [4.78, 5) is 42.0. The first kappa shape index (κ1) is 24.9. The Morgan fingerprint density at radius 1 is 1.21 bits per heavy atom. The molecule has 3 aliphatic heterocycles. The summed E-state index contributed by atoms with van der Waals surface area (Å²) < 4.78 is 6.39. The molecule has 0 radical (unpaired) electrons. The van der Waals surface area contributed by atoms with Gasteiger partial charge in [-0.25, -0.2) is 0 Å². The lowest BCUT2D eigenvalue weighted by atomic mass is 9.70. The minimum atomic E-state index is -1.01. The van der Waals surface area contributed by atoms with Crippen LogP contribution in [-0.2, 0) is 19.1 Å². The third-order valence-electron chi connectivity index (χ3n) is 7.34. The zero-order valence-electron chi connectivity index (χ0n) is 19.6. The molecule has 3 N–H and O–H groups in total. The molecule has 1 aromatic rings. The van der Waals surface area contributed by atoms with Gasteiger partial charge in [0.05, 0.1) is 28.6 Å². The van der Waals surface area contributed by atoms with Crippen molar-refractivity contribution in [2.75, 3.05) is 25.0 Å². The summed E-state index contributed by atoms with van der Waals surface area (Å²) >= 11 is 6.27. The SMILES string of the molecule is CCCNC(=O)[C@@H]1[C@H]2C(=O)N(CCCCCCO)C(C(=O)Nc3ccccc3Cl)C23CC[C@H]1O3. The molecule has 3 heterocycles. The van der Waals surface area contributed by atoms with Gasteiger partial charge in [-0.05, 0) is 44.2 Å². The molecule has 3 saturated heterocycles. The van der Waals surface area contributed by atoms with Crippen LogP contribution in [0.1, 0.15) is 51.9 Å². The van der Waals surface area contributed by atoms with E-state index in [1.165, 1.54) is 0 Å². The first-order valence-corrected chi connectivity index (χ1v) is 12.7. The summed E-state index contributed by atoms with van der Waals surface area (Å²) in [5.41, 5.74) is -0.527. The van der Waals surface area contributed by atoms with Crippen molar-refractivity contribution in [1.29, 1.82) is 0 Å². The molecule has 5 atom stereocenters. The quantitative estimate of drug-likeness (QED) is 0.412. The van der Waals surface area contributed by atoms with E-state index in [4.69, 9.17) is 21.4 Å². The lowest BCUT2D eigenvalue weighted by Gasteiger charge is -2.33. The number of para-hydroxylation sites is 1. The van der Waals surface area contributed by atoms with Gasteiger partial charge in [0.2, 0.25) is 17.7 Å². The maximum Gasteiger partial charge on any atom is 0.250 e. The number of carbonyl (C=O) groups is 3. The number of ether oxygens (including phenoxy) is 1. The molecule has 2 bridgehead atoms. The molecule has 3 aliphatic rings. The Bertz CT molecular complexity index is 928. The Morgan fingerprint density at radius 2 is 1.97 bits per heavy atom. The highest BCUT2D eigenvalue weighted by Crippen LogP contribution is 2.58. The van der Waals surface area contributed by atoms with Crippen LogP contribution in [-0.4, -0.2) is 65.2 Å². The van der Waals surface area contributed by atoms with Crippen molar-refractivity contribution in [1.82, 2.24) is 10.2 Å². The zero-order chi connectivity index (χ0) is 24.3. The lowest BCUT2D eigenvalue weighted by molar-refractivity contribution is -0.140. The van der Waals surface area contributed by atoms with Crippen molar-refractivity contribution in [2.45, 2.75) is 69.6 Å². The van der Waals surface area contributed by atoms with Crippen LogP contribution in [0.15, 0.2) is 24.3 Å². The predicted octanol–water partition coefficient (Wildman–Crippen LogP) is 2.73. The van der Waals surface area contributed by atoms with Crippen LogP contribution >= 0.6 is 11.6 Å². The van der Waals surface area contributed by atoms with Gasteiger partial charge in [-0.15, -0.1) is 0 Å². The molecular weight excluding hydrogens is 458 g/mol. The summed E-state index contributed by atoms with van der Waals surface area (Å²) in [5.74, 6) is -1.93. The summed E-state index contributed by atoms with van der Waals surface area (Å²) in [6.45, 7) is 3.06. The number of rotatable bonds is 11. The highest BCUT2D eigenvalue weighted by molar-refractivity contribution is 6.33. The molecule has 0 saturated carbocycles. The normalized spacial score (nSPS) is 29.4. The topological polar surface area (TPSA) is 108 Å². The minimum absolute atomic E-state index is 0.139. The van der Waals surface area contributed by atoms with E-state index in [1.54, 1.807) is 29.2 Å². The number of fused-ring (bicyclic) bond motifs is 1. The molecule has 1 spiro atoms. The maximum atomic E-state index is 13.7. The van der Waals surface area contributed by atoms with E-state index in [-0.39, 0.29) is 30.4 Å². The molecule has 4 rings (SSSR count). The fourth-order valence-corrected chi connectivity index (χ4v) is 6.05. The molecule has 2 unspecified atom stereocenters. The number of hydrogen-bond acceptors (Lipinski definition) is 5.